The predicted molar refractivity (Wildman–Crippen MR) is 72.0 cm³/mol. The van der Waals surface area contributed by atoms with E-state index in [4.69, 9.17) is 17.3 Å². The molecule has 0 saturated carbocycles. The average molecular weight is 280 g/mol. The summed E-state index contributed by atoms with van der Waals surface area (Å²) in [6, 6.07) is 5.63. The number of aromatic nitrogens is 3. The quantitative estimate of drug-likeness (QED) is 0.867. The highest BCUT2D eigenvalue weighted by Gasteiger charge is 2.05. The molecule has 1 heterocycles. The SMILES string of the molecule is Cc1ccc(-n2cc(CNC(=O)CN)nn2)cc1Cl. The smallest absolute Gasteiger partial charge is 0.234 e. The molecule has 0 unspecified atom stereocenters. The van der Waals surface area contributed by atoms with Gasteiger partial charge in [0.15, 0.2) is 0 Å². The van der Waals surface area contributed by atoms with Crippen LogP contribution in [0, 0.1) is 6.92 Å². The van der Waals surface area contributed by atoms with Crippen LogP contribution >= 0.6 is 11.6 Å². The van der Waals surface area contributed by atoms with Crippen molar-refractivity contribution in [2.24, 2.45) is 5.73 Å². The third-order valence-electron chi connectivity index (χ3n) is 2.61. The fraction of sp³-hybridized carbons (Fsp3) is 0.250. The first-order chi connectivity index (χ1) is 9.10. The van der Waals surface area contributed by atoms with E-state index in [1.807, 2.05) is 25.1 Å². The van der Waals surface area contributed by atoms with Crippen molar-refractivity contribution in [1.82, 2.24) is 20.3 Å². The van der Waals surface area contributed by atoms with Crippen molar-refractivity contribution in [3.8, 4) is 5.69 Å². The van der Waals surface area contributed by atoms with Crippen LogP contribution in [0.25, 0.3) is 5.69 Å². The number of hydrogen-bond donors (Lipinski definition) is 2. The van der Waals surface area contributed by atoms with Crippen LogP contribution in [0.5, 0.6) is 0 Å². The van der Waals surface area contributed by atoms with Gasteiger partial charge in [0.1, 0.15) is 5.69 Å². The lowest BCUT2D eigenvalue weighted by atomic mass is 10.2. The summed E-state index contributed by atoms with van der Waals surface area (Å²) >= 11 is 6.06. The fourth-order valence-corrected chi connectivity index (χ4v) is 1.67. The second-order valence-corrected chi connectivity index (χ2v) is 4.48. The lowest BCUT2D eigenvalue weighted by Crippen LogP contribution is -2.29. The van der Waals surface area contributed by atoms with Gasteiger partial charge in [0, 0.05) is 5.02 Å². The number of nitrogens with two attached hydrogens (primary N) is 1. The van der Waals surface area contributed by atoms with Gasteiger partial charge >= 0.3 is 0 Å². The highest BCUT2D eigenvalue weighted by atomic mass is 35.5. The highest BCUT2D eigenvalue weighted by Crippen LogP contribution is 2.18. The number of nitrogens with one attached hydrogen (secondary N) is 1. The Morgan fingerprint density at radius 1 is 1.53 bits per heavy atom. The van der Waals surface area contributed by atoms with E-state index in [0.29, 0.717) is 17.3 Å². The number of amides is 1. The van der Waals surface area contributed by atoms with Gasteiger partial charge in [-0.25, -0.2) is 4.68 Å². The summed E-state index contributed by atoms with van der Waals surface area (Å²) in [4.78, 5) is 11.0. The van der Waals surface area contributed by atoms with E-state index in [9.17, 15) is 4.79 Å². The molecule has 19 heavy (non-hydrogen) atoms. The van der Waals surface area contributed by atoms with Crippen molar-refractivity contribution < 1.29 is 4.79 Å². The van der Waals surface area contributed by atoms with Gasteiger partial charge in [-0.1, -0.05) is 22.9 Å². The summed E-state index contributed by atoms with van der Waals surface area (Å²) in [5, 5.41) is 11.3. The van der Waals surface area contributed by atoms with Crippen molar-refractivity contribution in [3.05, 3.63) is 40.7 Å². The van der Waals surface area contributed by atoms with Crippen LogP contribution in [-0.2, 0) is 11.3 Å². The Morgan fingerprint density at radius 2 is 2.32 bits per heavy atom. The van der Waals surface area contributed by atoms with E-state index in [1.165, 1.54) is 0 Å². The summed E-state index contributed by atoms with van der Waals surface area (Å²) in [5.41, 5.74) is 7.67. The van der Waals surface area contributed by atoms with Gasteiger partial charge in [0.2, 0.25) is 5.91 Å². The van der Waals surface area contributed by atoms with Crippen LogP contribution in [0.1, 0.15) is 11.3 Å². The molecule has 2 rings (SSSR count). The molecule has 100 valence electrons. The minimum atomic E-state index is -0.229. The number of carbonyl (C=O) groups is 1. The minimum absolute atomic E-state index is 0.0400. The fourth-order valence-electron chi connectivity index (χ4n) is 1.49. The Balaban J connectivity index is 2.12. The second-order valence-electron chi connectivity index (χ2n) is 4.07. The molecule has 1 aromatic heterocycles. The molecule has 0 radical (unpaired) electrons. The lowest BCUT2D eigenvalue weighted by molar-refractivity contribution is -0.119. The van der Waals surface area contributed by atoms with Crippen LogP contribution in [-0.4, -0.2) is 27.4 Å². The van der Waals surface area contributed by atoms with Gasteiger partial charge in [-0.3, -0.25) is 4.79 Å². The highest BCUT2D eigenvalue weighted by molar-refractivity contribution is 6.31. The van der Waals surface area contributed by atoms with Crippen molar-refractivity contribution in [3.63, 3.8) is 0 Å². The minimum Gasteiger partial charge on any atom is -0.349 e. The summed E-state index contributed by atoms with van der Waals surface area (Å²) < 4.78 is 1.61. The molecule has 0 aliphatic carbocycles. The van der Waals surface area contributed by atoms with E-state index >= 15 is 0 Å². The van der Waals surface area contributed by atoms with E-state index in [0.717, 1.165) is 11.3 Å². The molecule has 0 atom stereocenters. The third-order valence-corrected chi connectivity index (χ3v) is 3.02. The van der Waals surface area contributed by atoms with Crippen LogP contribution in [0.4, 0.5) is 0 Å². The Morgan fingerprint density at radius 3 is 3.00 bits per heavy atom. The van der Waals surface area contributed by atoms with Crippen LogP contribution in [0.2, 0.25) is 5.02 Å². The molecule has 1 aromatic carbocycles. The van der Waals surface area contributed by atoms with Crippen molar-refractivity contribution in [1.29, 1.82) is 0 Å². The Labute approximate surface area is 115 Å². The molecule has 2 aromatic rings. The molecule has 3 N–H and O–H groups in total. The number of rotatable bonds is 4. The van der Waals surface area contributed by atoms with E-state index < -0.39 is 0 Å². The molecule has 7 heteroatoms. The first-order valence-electron chi connectivity index (χ1n) is 5.74. The number of halogens is 1. The third kappa shape index (κ3) is 3.30. The second kappa shape index (κ2) is 5.81. The summed E-state index contributed by atoms with van der Waals surface area (Å²) in [7, 11) is 0. The lowest BCUT2D eigenvalue weighted by Gasteiger charge is -2.02. The number of nitrogens with zero attached hydrogens (tertiary/aromatic N) is 3. The van der Waals surface area contributed by atoms with Gasteiger partial charge in [-0.05, 0) is 24.6 Å². The van der Waals surface area contributed by atoms with E-state index in [2.05, 4.69) is 15.6 Å². The molecule has 1 amide bonds. The maximum absolute atomic E-state index is 11.0. The first kappa shape index (κ1) is 13.5. The molecular weight excluding hydrogens is 266 g/mol. The zero-order chi connectivity index (χ0) is 13.8. The van der Waals surface area contributed by atoms with Gasteiger partial charge in [0.05, 0.1) is 25.0 Å². The largest absolute Gasteiger partial charge is 0.349 e. The van der Waals surface area contributed by atoms with Crippen LogP contribution in [0.3, 0.4) is 0 Å². The zero-order valence-electron chi connectivity index (χ0n) is 10.4. The monoisotopic (exact) mass is 279 g/mol. The molecule has 0 aliphatic heterocycles. The van der Waals surface area contributed by atoms with E-state index in [1.54, 1.807) is 10.9 Å². The standard InChI is InChI=1S/C12H14ClN5O/c1-8-2-3-10(4-11(8)13)18-7-9(16-17-18)6-15-12(19)5-14/h2-4,7H,5-6,14H2,1H3,(H,15,19). The number of hydrogen-bond acceptors (Lipinski definition) is 4. The maximum atomic E-state index is 11.0. The van der Waals surface area contributed by atoms with Gasteiger partial charge < -0.3 is 11.1 Å². The summed E-state index contributed by atoms with van der Waals surface area (Å²) in [6.07, 6.45) is 1.73. The van der Waals surface area contributed by atoms with Gasteiger partial charge in [-0.15, -0.1) is 5.10 Å². The topological polar surface area (TPSA) is 85.8 Å². The number of aryl methyl sites for hydroxylation is 1. The Kier molecular flexibility index (Phi) is 4.13. The average Bonchev–Trinajstić information content (AvgIpc) is 2.88. The molecule has 6 nitrogen and oxygen atoms in total. The Hall–Kier alpha value is -1.92. The van der Waals surface area contributed by atoms with Crippen molar-refractivity contribution >= 4 is 17.5 Å². The zero-order valence-corrected chi connectivity index (χ0v) is 11.2. The number of carbonyl (C=O) groups excluding carboxylic acids is 1. The molecular formula is C12H14ClN5O. The molecule has 0 spiro atoms. The first-order valence-corrected chi connectivity index (χ1v) is 6.12. The normalized spacial score (nSPS) is 10.5. The molecule has 0 fully saturated rings. The number of benzene rings is 1. The van der Waals surface area contributed by atoms with E-state index in [-0.39, 0.29) is 12.5 Å². The van der Waals surface area contributed by atoms with Gasteiger partial charge in [0.25, 0.3) is 0 Å². The molecule has 0 saturated heterocycles. The molecule has 0 bridgehead atoms. The maximum Gasteiger partial charge on any atom is 0.234 e. The van der Waals surface area contributed by atoms with Gasteiger partial charge in [-0.2, -0.15) is 0 Å². The predicted octanol–water partition coefficient (Wildman–Crippen LogP) is 0.804. The summed E-state index contributed by atoms with van der Waals surface area (Å²) in [5.74, 6) is -0.229. The van der Waals surface area contributed by atoms with Crippen LogP contribution in [0.15, 0.2) is 24.4 Å². The van der Waals surface area contributed by atoms with Crippen molar-refractivity contribution in [2.75, 3.05) is 6.54 Å². The summed E-state index contributed by atoms with van der Waals surface area (Å²) in [6.45, 7) is 2.19. The van der Waals surface area contributed by atoms with Crippen molar-refractivity contribution in [2.45, 2.75) is 13.5 Å². The Bertz CT molecular complexity index is 596. The van der Waals surface area contributed by atoms with Crippen LogP contribution < -0.4 is 11.1 Å². The molecule has 0 aliphatic rings.